The molecule has 0 bridgehead atoms. The fourth-order valence-electron chi connectivity index (χ4n) is 3.78. The lowest BCUT2D eigenvalue weighted by molar-refractivity contribution is 0.137. The Labute approximate surface area is 164 Å². The van der Waals surface area contributed by atoms with Gasteiger partial charge in [0.1, 0.15) is 0 Å². The lowest BCUT2D eigenvalue weighted by Crippen LogP contribution is -2.42. The molecule has 1 aliphatic rings. The molecule has 1 N–H and O–H groups in total. The van der Waals surface area contributed by atoms with Gasteiger partial charge in [-0.1, -0.05) is 63.4 Å². The van der Waals surface area contributed by atoms with Gasteiger partial charge in [-0.15, -0.1) is 0 Å². The number of nitrogens with one attached hydrogen (secondary N) is 1. The van der Waals surface area contributed by atoms with Gasteiger partial charge in [0, 0.05) is 28.7 Å². The highest BCUT2D eigenvalue weighted by Crippen LogP contribution is 2.40. The van der Waals surface area contributed by atoms with Crippen LogP contribution in [0.25, 0.3) is 0 Å². The van der Waals surface area contributed by atoms with E-state index >= 15 is 0 Å². The van der Waals surface area contributed by atoms with Gasteiger partial charge >= 0.3 is 0 Å². The molecule has 2 rings (SSSR count). The topological polar surface area (TPSA) is 21.3 Å². The van der Waals surface area contributed by atoms with Gasteiger partial charge in [-0.05, 0) is 48.5 Å². The minimum Gasteiger partial charge on any atom is -0.409 e. The van der Waals surface area contributed by atoms with E-state index < -0.39 is 8.32 Å². The molecule has 0 heterocycles. The zero-order valence-corrected chi connectivity index (χ0v) is 18.6. The molecule has 1 fully saturated rings. The summed E-state index contributed by atoms with van der Waals surface area (Å²) in [6, 6.07) is 9.10. The van der Waals surface area contributed by atoms with Crippen molar-refractivity contribution in [2.24, 2.45) is 5.41 Å². The summed E-state index contributed by atoms with van der Waals surface area (Å²) in [4.78, 5) is 0. The number of hydrogen-bond donors (Lipinski definition) is 1. The van der Waals surface area contributed by atoms with E-state index in [1.54, 1.807) is 0 Å². The van der Waals surface area contributed by atoms with Crippen LogP contribution in [-0.4, -0.2) is 21.4 Å². The Balaban J connectivity index is 2.18. The third-order valence-corrected chi connectivity index (χ3v) is 11.4. The van der Waals surface area contributed by atoms with E-state index in [-0.39, 0.29) is 6.10 Å². The summed E-state index contributed by atoms with van der Waals surface area (Å²) in [5.74, 6) is 0. The molecule has 5 heteroatoms. The highest BCUT2D eigenvalue weighted by atomic mass is 35.5. The highest BCUT2D eigenvalue weighted by Gasteiger charge is 2.35. The molecule has 1 atom stereocenters. The van der Waals surface area contributed by atoms with Crippen LogP contribution in [0.3, 0.4) is 0 Å². The lowest BCUT2D eigenvalue weighted by atomic mass is 9.70. The third kappa shape index (κ3) is 5.23. The first-order valence-corrected chi connectivity index (χ1v) is 13.0. The van der Waals surface area contributed by atoms with Crippen LogP contribution in [0.4, 0.5) is 0 Å². The van der Waals surface area contributed by atoms with Crippen LogP contribution < -0.4 is 5.32 Å². The van der Waals surface area contributed by atoms with Crippen molar-refractivity contribution < 1.29 is 4.43 Å². The molecule has 0 aromatic heterocycles. The van der Waals surface area contributed by atoms with Gasteiger partial charge < -0.3 is 9.74 Å². The second kappa shape index (κ2) is 9.23. The summed E-state index contributed by atoms with van der Waals surface area (Å²) in [6.07, 6.45) is 3.91. The van der Waals surface area contributed by atoms with Crippen molar-refractivity contribution >= 4 is 31.5 Å². The molecule has 0 saturated heterocycles. The van der Waals surface area contributed by atoms with Crippen LogP contribution in [0.5, 0.6) is 0 Å². The maximum Gasteiger partial charge on any atom is 0.192 e. The molecule has 0 radical (unpaired) electrons. The largest absolute Gasteiger partial charge is 0.409 e. The van der Waals surface area contributed by atoms with Crippen LogP contribution >= 0.6 is 23.2 Å². The maximum absolute atomic E-state index is 6.81. The maximum atomic E-state index is 6.81. The van der Waals surface area contributed by atoms with Crippen molar-refractivity contribution in [3.63, 3.8) is 0 Å². The summed E-state index contributed by atoms with van der Waals surface area (Å²) in [5, 5.41) is 5.07. The Morgan fingerprint density at radius 3 is 2.12 bits per heavy atom. The SMILES string of the molecule is CC[Si](CC)(CC)OC(CNCC1(C)CCC1)c1c(Cl)cccc1Cl. The molecule has 1 saturated carbocycles. The van der Waals surface area contributed by atoms with Gasteiger partial charge in [-0.3, -0.25) is 0 Å². The second-order valence-corrected chi connectivity index (χ2v) is 13.3. The summed E-state index contributed by atoms with van der Waals surface area (Å²) in [7, 11) is -1.76. The summed E-state index contributed by atoms with van der Waals surface area (Å²) >= 11 is 13.0. The van der Waals surface area contributed by atoms with Crippen molar-refractivity contribution in [3.8, 4) is 0 Å². The molecular formula is C20H33Cl2NOSi. The normalized spacial score (nSPS) is 18.0. The lowest BCUT2D eigenvalue weighted by Gasteiger charge is -2.40. The van der Waals surface area contributed by atoms with Gasteiger partial charge in [0.25, 0.3) is 0 Å². The van der Waals surface area contributed by atoms with Crippen LogP contribution in [0.1, 0.15) is 58.6 Å². The first-order valence-electron chi connectivity index (χ1n) is 9.71. The summed E-state index contributed by atoms with van der Waals surface area (Å²) in [5.41, 5.74) is 1.40. The molecule has 2 nitrogen and oxygen atoms in total. The van der Waals surface area contributed by atoms with E-state index in [0.29, 0.717) is 15.5 Å². The monoisotopic (exact) mass is 401 g/mol. The van der Waals surface area contributed by atoms with Crippen molar-refractivity contribution in [1.29, 1.82) is 0 Å². The number of halogens is 2. The molecule has 1 aromatic rings. The van der Waals surface area contributed by atoms with E-state index in [4.69, 9.17) is 27.6 Å². The predicted molar refractivity (Wildman–Crippen MR) is 112 cm³/mol. The zero-order valence-electron chi connectivity index (χ0n) is 16.1. The fourth-order valence-corrected chi connectivity index (χ4v) is 7.23. The predicted octanol–water partition coefficient (Wildman–Crippen LogP) is 6.84. The minimum atomic E-state index is -1.76. The van der Waals surface area contributed by atoms with E-state index in [2.05, 4.69) is 33.0 Å². The Hall–Kier alpha value is -0.0631. The number of hydrogen-bond acceptors (Lipinski definition) is 2. The molecule has 142 valence electrons. The van der Waals surface area contributed by atoms with Crippen molar-refractivity contribution in [1.82, 2.24) is 5.32 Å². The Kier molecular flexibility index (Phi) is 7.84. The van der Waals surface area contributed by atoms with E-state index in [1.807, 2.05) is 18.2 Å². The first-order chi connectivity index (χ1) is 11.9. The van der Waals surface area contributed by atoms with Crippen LogP contribution in [-0.2, 0) is 4.43 Å². The fraction of sp³-hybridized carbons (Fsp3) is 0.700. The highest BCUT2D eigenvalue weighted by molar-refractivity contribution is 6.73. The van der Waals surface area contributed by atoms with Crippen LogP contribution in [0.15, 0.2) is 18.2 Å². The standard InChI is InChI=1S/C20H33Cl2NOSi/c1-5-25(6-2,7-3)24-18(14-23-15-20(4)12-9-13-20)19-16(21)10-8-11-17(19)22/h8,10-11,18,23H,5-7,9,12-15H2,1-4H3. The van der Waals surface area contributed by atoms with Gasteiger partial charge in [-0.25, -0.2) is 0 Å². The Bertz CT molecular complexity index is 530. The summed E-state index contributed by atoms with van der Waals surface area (Å²) in [6.45, 7) is 10.9. The Morgan fingerprint density at radius 1 is 1.12 bits per heavy atom. The molecular weight excluding hydrogens is 369 g/mol. The van der Waals surface area contributed by atoms with Crippen molar-refractivity contribution in [2.45, 2.75) is 71.2 Å². The molecule has 0 spiro atoms. The number of benzene rings is 1. The average Bonchev–Trinajstić information content (AvgIpc) is 2.57. The molecule has 25 heavy (non-hydrogen) atoms. The minimum absolute atomic E-state index is 0.0728. The van der Waals surface area contributed by atoms with E-state index in [1.165, 1.54) is 19.3 Å². The number of rotatable bonds is 10. The Morgan fingerprint density at radius 2 is 1.68 bits per heavy atom. The molecule has 1 unspecified atom stereocenters. The molecule has 1 aromatic carbocycles. The van der Waals surface area contributed by atoms with Gasteiger partial charge in [0.2, 0.25) is 0 Å². The second-order valence-electron chi connectivity index (χ2n) is 7.78. The molecule has 0 amide bonds. The van der Waals surface area contributed by atoms with Crippen LogP contribution in [0.2, 0.25) is 28.2 Å². The van der Waals surface area contributed by atoms with Crippen molar-refractivity contribution in [3.05, 3.63) is 33.8 Å². The van der Waals surface area contributed by atoms with Crippen molar-refractivity contribution in [2.75, 3.05) is 13.1 Å². The molecule has 0 aliphatic heterocycles. The van der Waals surface area contributed by atoms with E-state index in [0.717, 1.165) is 36.8 Å². The first kappa shape index (κ1) is 21.2. The zero-order chi connectivity index (χ0) is 18.5. The quantitative estimate of drug-likeness (QED) is 0.433. The average molecular weight is 402 g/mol. The smallest absolute Gasteiger partial charge is 0.192 e. The van der Waals surface area contributed by atoms with Gasteiger partial charge in [0.05, 0.1) is 6.10 Å². The van der Waals surface area contributed by atoms with E-state index in [9.17, 15) is 0 Å². The van der Waals surface area contributed by atoms with Gasteiger partial charge in [0.15, 0.2) is 8.32 Å². The molecule has 1 aliphatic carbocycles. The van der Waals surface area contributed by atoms with Gasteiger partial charge in [-0.2, -0.15) is 0 Å². The summed E-state index contributed by atoms with van der Waals surface area (Å²) < 4.78 is 6.81. The van der Waals surface area contributed by atoms with Crippen LogP contribution in [0, 0.1) is 5.41 Å². The third-order valence-electron chi connectivity index (χ3n) is 6.09.